The summed E-state index contributed by atoms with van der Waals surface area (Å²) in [5.74, 6) is -2.70. The van der Waals surface area contributed by atoms with Crippen LogP contribution in [0, 0.1) is 5.92 Å². The number of hydrogen-bond donors (Lipinski definition) is 3. The Morgan fingerprint density at radius 1 is 1.26 bits per heavy atom. The Morgan fingerprint density at radius 2 is 2.03 bits per heavy atom. The van der Waals surface area contributed by atoms with Gasteiger partial charge in [0.15, 0.2) is 0 Å². The van der Waals surface area contributed by atoms with Crippen LogP contribution in [-0.2, 0) is 15.2 Å². The van der Waals surface area contributed by atoms with Gasteiger partial charge in [0.2, 0.25) is 11.8 Å². The topological polar surface area (TPSA) is 94.6 Å². The van der Waals surface area contributed by atoms with E-state index < -0.39 is 30.0 Å². The fourth-order valence-corrected chi connectivity index (χ4v) is 5.74. The maximum Gasteiger partial charge on any atom is 0.395 e. The number of nitrogens with one attached hydrogen (secondary N) is 2. The Labute approximate surface area is 200 Å². The molecule has 7 nitrogen and oxygen atoms in total. The standard InChI is InChI=1S/C23H29F3N4O3S/c24-23(25,26)16-3-1-2-15(12-16)21(32)27-13-20(31)29-17-7-11-30(14-17)18-4-8-22(33,9-5-18)19-6-10-28-34-19/h1-3,6,10,16-18,33H,4-5,7-9,11-14H2,(H,27,32)(H,29,31). The predicted molar refractivity (Wildman–Crippen MR) is 121 cm³/mol. The summed E-state index contributed by atoms with van der Waals surface area (Å²) in [7, 11) is 0. The summed E-state index contributed by atoms with van der Waals surface area (Å²) in [4.78, 5) is 27.8. The summed E-state index contributed by atoms with van der Waals surface area (Å²) >= 11 is 1.34. The maximum atomic E-state index is 12.9. The first-order valence-corrected chi connectivity index (χ1v) is 12.3. The second-order valence-electron chi connectivity index (χ2n) is 9.30. The zero-order valence-electron chi connectivity index (χ0n) is 18.7. The van der Waals surface area contributed by atoms with Crippen molar-refractivity contribution in [3.05, 3.63) is 40.9 Å². The number of aromatic nitrogens is 1. The Kier molecular flexibility index (Phi) is 7.44. The van der Waals surface area contributed by atoms with E-state index in [0.717, 1.165) is 36.8 Å². The highest BCUT2D eigenvalue weighted by Gasteiger charge is 2.40. The molecule has 0 radical (unpaired) electrons. The average Bonchev–Trinajstić information content (AvgIpc) is 3.51. The van der Waals surface area contributed by atoms with Crippen LogP contribution in [0.15, 0.2) is 36.1 Å². The number of amides is 2. The molecule has 2 amide bonds. The van der Waals surface area contributed by atoms with Crippen molar-refractivity contribution in [2.45, 2.75) is 62.4 Å². The number of halogens is 3. The highest BCUT2D eigenvalue weighted by atomic mass is 32.1. The van der Waals surface area contributed by atoms with Crippen LogP contribution in [0.5, 0.6) is 0 Å². The number of carbonyl (C=O) groups is 2. The summed E-state index contributed by atoms with van der Waals surface area (Å²) in [5.41, 5.74) is -0.785. The second-order valence-corrected chi connectivity index (χ2v) is 10.1. The van der Waals surface area contributed by atoms with Crippen molar-refractivity contribution in [1.29, 1.82) is 0 Å². The van der Waals surface area contributed by atoms with Crippen LogP contribution in [0.1, 0.15) is 43.4 Å². The van der Waals surface area contributed by atoms with Gasteiger partial charge in [0.25, 0.3) is 0 Å². The molecule has 34 heavy (non-hydrogen) atoms. The van der Waals surface area contributed by atoms with Gasteiger partial charge >= 0.3 is 6.18 Å². The third-order valence-electron chi connectivity index (χ3n) is 6.98. The molecule has 2 aliphatic carbocycles. The van der Waals surface area contributed by atoms with E-state index in [9.17, 15) is 27.9 Å². The van der Waals surface area contributed by atoms with Gasteiger partial charge in [-0.2, -0.15) is 13.2 Å². The van der Waals surface area contributed by atoms with Crippen molar-refractivity contribution in [2.75, 3.05) is 19.6 Å². The molecule has 2 heterocycles. The Hall–Kier alpha value is -2.24. The lowest BCUT2D eigenvalue weighted by Gasteiger charge is -2.39. The normalized spacial score (nSPS) is 30.1. The Bertz CT molecular complexity index is 940. The van der Waals surface area contributed by atoms with Crippen LogP contribution >= 0.6 is 11.5 Å². The van der Waals surface area contributed by atoms with Gasteiger partial charge in [0, 0.05) is 36.9 Å². The zero-order valence-corrected chi connectivity index (χ0v) is 19.5. The zero-order chi connectivity index (χ0) is 24.3. The summed E-state index contributed by atoms with van der Waals surface area (Å²) in [6.07, 6.45) is 4.38. The molecular weight excluding hydrogens is 469 g/mol. The quantitative estimate of drug-likeness (QED) is 0.561. The summed E-state index contributed by atoms with van der Waals surface area (Å²) in [6, 6.07) is 2.18. The maximum absolute atomic E-state index is 12.9. The lowest BCUT2D eigenvalue weighted by Crippen LogP contribution is -2.45. The van der Waals surface area contributed by atoms with Gasteiger partial charge in [-0.15, -0.1) is 0 Å². The van der Waals surface area contributed by atoms with Gasteiger partial charge in [-0.05, 0) is 56.1 Å². The summed E-state index contributed by atoms with van der Waals surface area (Å²) in [6.45, 7) is 1.27. The molecule has 0 aromatic carbocycles. The molecule has 1 aliphatic heterocycles. The van der Waals surface area contributed by atoms with Crippen molar-refractivity contribution in [3.63, 3.8) is 0 Å². The van der Waals surface area contributed by atoms with Gasteiger partial charge < -0.3 is 15.7 Å². The largest absolute Gasteiger partial charge is 0.395 e. The van der Waals surface area contributed by atoms with Crippen LogP contribution < -0.4 is 10.6 Å². The molecule has 3 aliphatic rings. The van der Waals surface area contributed by atoms with Crippen LogP contribution in [0.2, 0.25) is 0 Å². The minimum Gasteiger partial charge on any atom is -0.384 e. The van der Waals surface area contributed by atoms with E-state index >= 15 is 0 Å². The fourth-order valence-electron chi connectivity index (χ4n) is 5.01. The predicted octanol–water partition coefficient (Wildman–Crippen LogP) is 2.64. The lowest BCUT2D eigenvalue weighted by molar-refractivity contribution is -0.161. The van der Waals surface area contributed by atoms with E-state index in [1.54, 1.807) is 6.20 Å². The SMILES string of the molecule is O=C(CNC(=O)C1=CC=CC(C(F)(F)F)C1)NC1CCN(C2CCC(O)(c3ccns3)CC2)C1. The van der Waals surface area contributed by atoms with Crippen LogP contribution in [0.4, 0.5) is 13.2 Å². The molecule has 0 spiro atoms. The third-order valence-corrected chi connectivity index (χ3v) is 7.92. The number of hydrogen-bond acceptors (Lipinski definition) is 6. The minimum absolute atomic E-state index is 0.0141. The van der Waals surface area contributed by atoms with E-state index in [4.69, 9.17) is 0 Å². The van der Waals surface area contributed by atoms with Gasteiger partial charge in [0.1, 0.15) is 5.60 Å². The first kappa shape index (κ1) is 24.9. The van der Waals surface area contributed by atoms with Crippen molar-refractivity contribution in [2.24, 2.45) is 5.92 Å². The first-order chi connectivity index (χ1) is 16.1. The Balaban J connectivity index is 1.18. The van der Waals surface area contributed by atoms with Crippen molar-refractivity contribution >= 4 is 23.3 Å². The average molecular weight is 499 g/mol. The third kappa shape index (κ3) is 5.87. The fraction of sp³-hybridized carbons (Fsp3) is 0.609. The van der Waals surface area contributed by atoms with Gasteiger partial charge in [-0.3, -0.25) is 14.5 Å². The molecule has 3 N–H and O–H groups in total. The molecule has 1 saturated carbocycles. The first-order valence-electron chi connectivity index (χ1n) is 11.5. The van der Waals surface area contributed by atoms with Crippen LogP contribution in [-0.4, -0.2) is 64.1 Å². The van der Waals surface area contributed by atoms with E-state index in [1.807, 2.05) is 6.07 Å². The van der Waals surface area contributed by atoms with Crippen LogP contribution in [0.3, 0.4) is 0 Å². The lowest BCUT2D eigenvalue weighted by atomic mass is 9.81. The highest BCUT2D eigenvalue weighted by molar-refractivity contribution is 7.05. The van der Waals surface area contributed by atoms with Gasteiger partial charge in [-0.25, -0.2) is 4.37 Å². The number of rotatable bonds is 6. The molecular formula is C23H29F3N4O3S. The van der Waals surface area contributed by atoms with Crippen molar-refractivity contribution in [1.82, 2.24) is 19.9 Å². The smallest absolute Gasteiger partial charge is 0.384 e. The van der Waals surface area contributed by atoms with E-state index in [0.29, 0.717) is 25.4 Å². The minimum atomic E-state index is -4.40. The number of alkyl halides is 3. The molecule has 4 rings (SSSR count). The monoisotopic (exact) mass is 498 g/mol. The summed E-state index contributed by atoms with van der Waals surface area (Å²) in [5, 5.41) is 16.3. The molecule has 2 atom stereocenters. The molecule has 0 bridgehead atoms. The van der Waals surface area contributed by atoms with Gasteiger partial charge in [0.05, 0.1) is 17.3 Å². The van der Waals surface area contributed by atoms with Gasteiger partial charge in [-0.1, -0.05) is 18.2 Å². The molecule has 2 unspecified atom stereocenters. The second kappa shape index (κ2) is 10.2. The number of likely N-dealkylation sites (tertiary alicyclic amines) is 1. The molecule has 186 valence electrons. The molecule has 1 aromatic rings. The number of nitrogens with zero attached hydrogens (tertiary/aromatic N) is 2. The van der Waals surface area contributed by atoms with Crippen molar-refractivity contribution < 1.29 is 27.9 Å². The molecule has 1 saturated heterocycles. The number of aliphatic hydroxyl groups is 1. The highest BCUT2D eigenvalue weighted by Crippen LogP contribution is 2.40. The number of carbonyl (C=O) groups excluding carboxylic acids is 2. The van der Waals surface area contributed by atoms with Crippen LogP contribution in [0.25, 0.3) is 0 Å². The Morgan fingerprint density at radius 3 is 2.71 bits per heavy atom. The van der Waals surface area contributed by atoms with E-state index in [2.05, 4.69) is 19.9 Å². The molecule has 1 aromatic heterocycles. The molecule has 11 heteroatoms. The number of allylic oxidation sites excluding steroid dienone is 3. The summed E-state index contributed by atoms with van der Waals surface area (Å²) < 4.78 is 42.8. The van der Waals surface area contributed by atoms with E-state index in [-0.39, 0.29) is 24.1 Å². The van der Waals surface area contributed by atoms with Crippen molar-refractivity contribution in [3.8, 4) is 0 Å². The van der Waals surface area contributed by atoms with E-state index in [1.165, 1.54) is 23.7 Å². The molecule has 2 fully saturated rings.